The lowest BCUT2D eigenvalue weighted by Gasteiger charge is -1.95. The van der Waals surface area contributed by atoms with Gasteiger partial charge < -0.3 is 10.0 Å². The van der Waals surface area contributed by atoms with E-state index < -0.39 is 7.12 Å². The van der Waals surface area contributed by atoms with Gasteiger partial charge in [0.25, 0.3) is 0 Å². The van der Waals surface area contributed by atoms with Gasteiger partial charge in [-0.1, -0.05) is 26.2 Å². The third-order valence-electron chi connectivity index (χ3n) is 2.29. The molecule has 0 amide bonds. The van der Waals surface area contributed by atoms with Crippen molar-refractivity contribution in [1.29, 1.82) is 0 Å². The summed E-state index contributed by atoms with van der Waals surface area (Å²) in [6.07, 6.45) is 4.65. The number of unbranched alkanes of at least 4 members (excludes halogenated alkanes) is 1. The average molecular weight is 142 g/mol. The van der Waals surface area contributed by atoms with Gasteiger partial charge in [0.15, 0.2) is 0 Å². The van der Waals surface area contributed by atoms with E-state index in [9.17, 15) is 0 Å². The smallest absolute Gasteiger partial charge is 0.427 e. The van der Waals surface area contributed by atoms with Crippen LogP contribution in [0.2, 0.25) is 5.82 Å². The first-order valence-corrected chi connectivity index (χ1v) is 4.11. The largest absolute Gasteiger partial charge is 0.455 e. The van der Waals surface area contributed by atoms with Crippen LogP contribution in [0.5, 0.6) is 0 Å². The molecule has 2 N–H and O–H groups in total. The van der Waals surface area contributed by atoms with Crippen molar-refractivity contribution in [2.45, 2.75) is 38.4 Å². The Bertz CT molecular complexity index is 106. The molecule has 0 aromatic heterocycles. The highest BCUT2D eigenvalue weighted by Crippen LogP contribution is 2.48. The summed E-state index contributed by atoms with van der Waals surface area (Å²) in [7, 11) is -1.05. The second-order valence-electron chi connectivity index (χ2n) is 3.22. The summed E-state index contributed by atoms with van der Waals surface area (Å²) >= 11 is 0. The maximum Gasteiger partial charge on any atom is 0.455 e. The van der Waals surface area contributed by atoms with E-state index in [-0.39, 0.29) is 5.82 Å². The molecule has 0 saturated heterocycles. The number of hydrogen-bond donors (Lipinski definition) is 2. The molecule has 0 aromatic rings. The highest BCUT2D eigenvalue weighted by molar-refractivity contribution is 6.44. The summed E-state index contributed by atoms with van der Waals surface area (Å²) in [5.74, 6) is 0.812. The van der Waals surface area contributed by atoms with Crippen molar-refractivity contribution in [3.63, 3.8) is 0 Å². The highest BCUT2D eigenvalue weighted by Gasteiger charge is 2.44. The fourth-order valence-electron chi connectivity index (χ4n) is 1.43. The molecule has 1 fully saturated rings. The first-order chi connectivity index (χ1) is 4.75. The Balaban J connectivity index is 2.02. The zero-order valence-electron chi connectivity index (χ0n) is 6.45. The third-order valence-corrected chi connectivity index (χ3v) is 2.29. The standard InChI is InChI=1S/C7H15BO2/c1-2-3-4-6-5-7(6)8(9)10/h6-7,9-10H,2-5H2,1H3. The molecule has 2 atom stereocenters. The van der Waals surface area contributed by atoms with Gasteiger partial charge in [-0.15, -0.1) is 0 Å². The van der Waals surface area contributed by atoms with Crippen molar-refractivity contribution in [2.75, 3.05) is 0 Å². The SMILES string of the molecule is CCCCC1CC1B(O)O. The molecule has 1 rings (SSSR count). The molecule has 0 spiro atoms. The summed E-state index contributed by atoms with van der Waals surface area (Å²) < 4.78 is 0. The molecule has 58 valence electrons. The van der Waals surface area contributed by atoms with Gasteiger partial charge >= 0.3 is 7.12 Å². The fraction of sp³-hybridized carbons (Fsp3) is 1.00. The van der Waals surface area contributed by atoms with Gasteiger partial charge in [-0.05, 0) is 18.2 Å². The first-order valence-electron chi connectivity index (χ1n) is 4.11. The van der Waals surface area contributed by atoms with Crippen molar-refractivity contribution in [2.24, 2.45) is 5.92 Å². The van der Waals surface area contributed by atoms with Crippen molar-refractivity contribution in [3.8, 4) is 0 Å². The van der Waals surface area contributed by atoms with Gasteiger partial charge in [-0.2, -0.15) is 0 Å². The fourth-order valence-corrected chi connectivity index (χ4v) is 1.43. The van der Waals surface area contributed by atoms with E-state index in [0.717, 1.165) is 6.42 Å². The van der Waals surface area contributed by atoms with E-state index in [4.69, 9.17) is 10.0 Å². The molecule has 1 aliphatic rings. The lowest BCUT2D eigenvalue weighted by Crippen LogP contribution is -2.11. The Labute approximate surface area is 62.4 Å². The lowest BCUT2D eigenvalue weighted by molar-refractivity contribution is 0.399. The zero-order chi connectivity index (χ0) is 7.56. The molecule has 1 aliphatic carbocycles. The van der Waals surface area contributed by atoms with Gasteiger partial charge in [0.2, 0.25) is 0 Å². The summed E-state index contributed by atoms with van der Waals surface area (Å²) in [6, 6.07) is 0. The Kier molecular flexibility index (Phi) is 2.75. The van der Waals surface area contributed by atoms with Crippen LogP contribution in [0.3, 0.4) is 0 Å². The van der Waals surface area contributed by atoms with Crippen molar-refractivity contribution >= 4 is 7.12 Å². The maximum atomic E-state index is 8.72. The van der Waals surface area contributed by atoms with Crippen LogP contribution in [0.1, 0.15) is 32.6 Å². The molecule has 0 heterocycles. The monoisotopic (exact) mass is 142 g/mol. The van der Waals surface area contributed by atoms with Gasteiger partial charge in [0.05, 0.1) is 0 Å². The van der Waals surface area contributed by atoms with Crippen LogP contribution >= 0.6 is 0 Å². The summed E-state index contributed by atoms with van der Waals surface area (Å²) in [6.45, 7) is 2.16. The second-order valence-corrected chi connectivity index (χ2v) is 3.22. The third kappa shape index (κ3) is 1.99. The highest BCUT2D eigenvalue weighted by atomic mass is 16.4. The first kappa shape index (κ1) is 8.09. The van der Waals surface area contributed by atoms with E-state index in [1.807, 2.05) is 0 Å². The van der Waals surface area contributed by atoms with Gasteiger partial charge in [-0.3, -0.25) is 0 Å². The molecule has 10 heavy (non-hydrogen) atoms. The zero-order valence-corrected chi connectivity index (χ0v) is 6.45. The van der Waals surface area contributed by atoms with Gasteiger partial charge in [-0.25, -0.2) is 0 Å². The Hall–Kier alpha value is -0.0151. The normalized spacial score (nSPS) is 30.3. The molecule has 2 nitrogen and oxygen atoms in total. The molecular weight excluding hydrogens is 127 g/mol. The average Bonchev–Trinajstić information content (AvgIpc) is 2.62. The van der Waals surface area contributed by atoms with Crippen LogP contribution in [0.15, 0.2) is 0 Å². The van der Waals surface area contributed by atoms with Crippen LogP contribution in [0.4, 0.5) is 0 Å². The summed E-state index contributed by atoms with van der Waals surface area (Å²) in [5, 5.41) is 17.4. The summed E-state index contributed by atoms with van der Waals surface area (Å²) in [5.41, 5.74) is 0. The number of hydrogen-bond acceptors (Lipinski definition) is 2. The van der Waals surface area contributed by atoms with Crippen LogP contribution in [0.25, 0.3) is 0 Å². The van der Waals surface area contributed by atoms with Crippen molar-refractivity contribution in [3.05, 3.63) is 0 Å². The second kappa shape index (κ2) is 3.40. The Morgan fingerprint density at radius 1 is 1.50 bits per heavy atom. The van der Waals surface area contributed by atoms with Crippen molar-refractivity contribution in [1.82, 2.24) is 0 Å². The minimum Gasteiger partial charge on any atom is -0.427 e. The predicted octanol–water partition coefficient (Wildman–Crippen LogP) is 1.04. The minimum atomic E-state index is -1.05. The quantitative estimate of drug-likeness (QED) is 0.575. The van der Waals surface area contributed by atoms with Crippen LogP contribution in [0, 0.1) is 5.92 Å². The van der Waals surface area contributed by atoms with E-state index in [0.29, 0.717) is 5.92 Å². The molecule has 1 saturated carbocycles. The van der Waals surface area contributed by atoms with Gasteiger partial charge in [0, 0.05) is 0 Å². The van der Waals surface area contributed by atoms with E-state index in [1.165, 1.54) is 19.3 Å². The molecular formula is C7H15BO2. The van der Waals surface area contributed by atoms with Crippen LogP contribution in [-0.4, -0.2) is 17.2 Å². The van der Waals surface area contributed by atoms with Gasteiger partial charge in [0.1, 0.15) is 0 Å². The molecule has 0 bridgehead atoms. The molecule has 0 aromatic carbocycles. The Morgan fingerprint density at radius 3 is 2.60 bits per heavy atom. The van der Waals surface area contributed by atoms with E-state index in [1.54, 1.807) is 0 Å². The Morgan fingerprint density at radius 2 is 2.20 bits per heavy atom. The van der Waals surface area contributed by atoms with Crippen LogP contribution in [-0.2, 0) is 0 Å². The lowest BCUT2D eigenvalue weighted by atomic mass is 9.81. The topological polar surface area (TPSA) is 40.5 Å². The summed E-state index contributed by atoms with van der Waals surface area (Å²) in [4.78, 5) is 0. The molecule has 0 radical (unpaired) electrons. The van der Waals surface area contributed by atoms with E-state index >= 15 is 0 Å². The molecule has 0 aliphatic heterocycles. The predicted molar refractivity (Wildman–Crippen MR) is 41.6 cm³/mol. The van der Waals surface area contributed by atoms with Crippen LogP contribution < -0.4 is 0 Å². The number of rotatable bonds is 4. The molecule has 2 unspecified atom stereocenters. The maximum absolute atomic E-state index is 8.72. The molecule has 3 heteroatoms. The van der Waals surface area contributed by atoms with Crippen molar-refractivity contribution < 1.29 is 10.0 Å². The van der Waals surface area contributed by atoms with E-state index in [2.05, 4.69) is 6.92 Å². The minimum absolute atomic E-state index is 0.201.